The van der Waals surface area contributed by atoms with E-state index in [-0.39, 0.29) is 11.9 Å². The Bertz CT molecular complexity index is 470. The quantitative estimate of drug-likeness (QED) is 0.897. The summed E-state index contributed by atoms with van der Waals surface area (Å²) in [5, 5.41) is 14.5. The SMILES string of the molecule is CC(=O)N1CCC(NC(C)C(O)c2ccc(Cl)cc2)CC1. The molecular formula is C16H23ClN2O2. The molecule has 4 nitrogen and oxygen atoms in total. The lowest BCUT2D eigenvalue weighted by Crippen LogP contribution is -2.48. The molecule has 0 saturated carbocycles. The molecule has 1 heterocycles. The second-order valence-corrected chi connectivity index (χ2v) is 6.17. The fraction of sp³-hybridized carbons (Fsp3) is 0.562. The maximum absolute atomic E-state index is 11.3. The highest BCUT2D eigenvalue weighted by Gasteiger charge is 2.24. The average Bonchev–Trinajstić information content (AvgIpc) is 2.47. The summed E-state index contributed by atoms with van der Waals surface area (Å²) >= 11 is 5.86. The number of carbonyl (C=O) groups is 1. The summed E-state index contributed by atoms with van der Waals surface area (Å²) in [6.07, 6.45) is 1.29. The highest BCUT2D eigenvalue weighted by Crippen LogP contribution is 2.21. The van der Waals surface area contributed by atoms with Gasteiger partial charge in [0.1, 0.15) is 0 Å². The van der Waals surface area contributed by atoms with E-state index in [1.54, 1.807) is 19.1 Å². The second kappa shape index (κ2) is 7.25. The van der Waals surface area contributed by atoms with Crippen LogP contribution in [0.4, 0.5) is 0 Å². The summed E-state index contributed by atoms with van der Waals surface area (Å²) < 4.78 is 0. The number of rotatable bonds is 4. The lowest BCUT2D eigenvalue weighted by Gasteiger charge is -2.34. The fourth-order valence-electron chi connectivity index (χ4n) is 2.77. The highest BCUT2D eigenvalue weighted by molar-refractivity contribution is 6.30. The number of nitrogens with one attached hydrogen (secondary N) is 1. The first-order valence-electron chi connectivity index (χ1n) is 7.42. The molecule has 0 spiro atoms. The van der Waals surface area contributed by atoms with Crippen LogP contribution < -0.4 is 5.32 Å². The van der Waals surface area contributed by atoms with Gasteiger partial charge in [0.25, 0.3) is 0 Å². The van der Waals surface area contributed by atoms with E-state index < -0.39 is 6.10 Å². The van der Waals surface area contributed by atoms with Crippen molar-refractivity contribution in [2.75, 3.05) is 13.1 Å². The van der Waals surface area contributed by atoms with Crippen molar-refractivity contribution in [3.63, 3.8) is 0 Å². The van der Waals surface area contributed by atoms with Gasteiger partial charge in [0, 0.05) is 37.1 Å². The summed E-state index contributed by atoms with van der Waals surface area (Å²) in [5.41, 5.74) is 0.862. The van der Waals surface area contributed by atoms with E-state index in [1.165, 1.54) is 0 Å². The number of hydrogen-bond donors (Lipinski definition) is 2. The number of nitrogens with zero attached hydrogens (tertiary/aromatic N) is 1. The van der Waals surface area contributed by atoms with Crippen LogP contribution in [0.5, 0.6) is 0 Å². The predicted molar refractivity (Wildman–Crippen MR) is 84.3 cm³/mol. The maximum atomic E-state index is 11.3. The summed E-state index contributed by atoms with van der Waals surface area (Å²) in [6.45, 7) is 5.17. The molecule has 2 N–H and O–H groups in total. The Morgan fingerprint density at radius 2 is 1.90 bits per heavy atom. The Morgan fingerprint density at radius 3 is 2.43 bits per heavy atom. The van der Waals surface area contributed by atoms with Gasteiger partial charge < -0.3 is 15.3 Å². The lowest BCUT2D eigenvalue weighted by atomic mass is 9.99. The summed E-state index contributed by atoms with van der Waals surface area (Å²) in [4.78, 5) is 13.2. The van der Waals surface area contributed by atoms with E-state index in [2.05, 4.69) is 5.32 Å². The third-order valence-corrected chi connectivity index (χ3v) is 4.38. The average molecular weight is 311 g/mol. The van der Waals surface area contributed by atoms with Crippen molar-refractivity contribution in [2.24, 2.45) is 0 Å². The van der Waals surface area contributed by atoms with Crippen molar-refractivity contribution in [1.82, 2.24) is 10.2 Å². The van der Waals surface area contributed by atoms with Gasteiger partial charge >= 0.3 is 0 Å². The molecule has 0 bridgehead atoms. The highest BCUT2D eigenvalue weighted by atomic mass is 35.5. The van der Waals surface area contributed by atoms with E-state index in [4.69, 9.17) is 11.6 Å². The van der Waals surface area contributed by atoms with E-state index >= 15 is 0 Å². The molecule has 1 aromatic rings. The van der Waals surface area contributed by atoms with Crippen LogP contribution in [-0.4, -0.2) is 41.1 Å². The summed E-state index contributed by atoms with van der Waals surface area (Å²) in [7, 11) is 0. The molecule has 21 heavy (non-hydrogen) atoms. The predicted octanol–water partition coefficient (Wildman–Crippen LogP) is 2.36. The van der Waals surface area contributed by atoms with Gasteiger partial charge in [-0.3, -0.25) is 4.79 Å². The number of benzene rings is 1. The van der Waals surface area contributed by atoms with Crippen molar-refractivity contribution in [2.45, 2.75) is 44.9 Å². The topological polar surface area (TPSA) is 52.6 Å². The van der Waals surface area contributed by atoms with E-state index in [0.717, 1.165) is 31.5 Å². The standard InChI is InChI=1S/C16H23ClN2O2/c1-11(16(21)13-3-5-14(17)6-4-13)18-15-7-9-19(10-8-15)12(2)20/h3-6,11,15-16,18,21H,7-10H2,1-2H3. The third kappa shape index (κ3) is 4.43. The van der Waals surface area contributed by atoms with Gasteiger partial charge in [-0.05, 0) is 37.5 Å². The molecule has 2 rings (SSSR count). The van der Waals surface area contributed by atoms with Gasteiger partial charge in [-0.2, -0.15) is 0 Å². The molecule has 1 aliphatic rings. The van der Waals surface area contributed by atoms with Gasteiger partial charge in [-0.1, -0.05) is 23.7 Å². The maximum Gasteiger partial charge on any atom is 0.219 e. The lowest BCUT2D eigenvalue weighted by molar-refractivity contribution is -0.129. The van der Waals surface area contributed by atoms with Gasteiger partial charge in [0.15, 0.2) is 0 Å². The monoisotopic (exact) mass is 310 g/mol. The third-order valence-electron chi connectivity index (χ3n) is 4.12. The molecule has 1 aromatic carbocycles. The molecule has 2 atom stereocenters. The number of aliphatic hydroxyl groups excluding tert-OH is 1. The molecule has 0 radical (unpaired) electrons. The zero-order valence-electron chi connectivity index (χ0n) is 12.6. The molecule has 5 heteroatoms. The van der Waals surface area contributed by atoms with Crippen molar-refractivity contribution in [3.8, 4) is 0 Å². The van der Waals surface area contributed by atoms with Crippen molar-refractivity contribution in [1.29, 1.82) is 0 Å². The number of halogens is 1. The minimum Gasteiger partial charge on any atom is -0.387 e. The zero-order chi connectivity index (χ0) is 15.4. The first-order valence-corrected chi connectivity index (χ1v) is 7.80. The normalized spacial score (nSPS) is 19.3. The number of aliphatic hydroxyl groups is 1. The molecule has 1 fully saturated rings. The molecule has 1 aliphatic heterocycles. The van der Waals surface area contributed by atoms with Crippen LogP contribution in [0.2, 0.25) is 5.02 Å². The minimum absolute atomic E-state index is 0.0416. The second-order valence-electron chi connectivity index (χ2n) is 5.73. The molecule has 1 amide bonds. The van der Waals surface area contributed by atoms with Crippen LogP contribution in [0.1, 0.15) is 38.4 Å². The number of likely N-dealkylation sites (tertiary alicyclic amines) is 1. The van der Waals surface area contributed by atoms with E-state index in [0.29, 0.717) is 11.1 Å². The Balaban J connectivity index is 1.85. The van der Waals surface area contributed by atoms with E-state index in [9.17, 15) is 9.90 Å². The van der Waals surface area contributed by atoms with Crippen LogP contribution in [-0.2, 0) is 4.79 Å². The van der Waals surface area contributed by atoms with E-state index in [1.807, 2.05) is 24.0 Å². The van der Waals surface area contributed by atoms with Gasteiger partial charge in [-0.15, -0.1) is 0 Å². The van der Waals surface area contributed by atoms with Crippen LogP contribution in [0, 0.1) is 0 Å². The Labute approximate surface area is 131 Å². The molecule has 1 saturated heterocycles. The van der Waals surface area contributed by atoms with Gasteiger partial charge in [0.05, 0.1) is 6.10 Å². The molecule has 0 aromatic heterocycles. The number of hydrogen-bond acceptors (Lipinski definition) is 3. The molecule has 2 unspecified atom stereocenters. The van der Waals surface area contributed by atoms with Crippen LogP contribution >= 0.6 is 11.6 Å². The Kier molecular flexibility index (Phi) is 5.62. The number of amides is 1. The first-order chi connectivity index (χ1) is 9.97. The van der Waals surface area contributed by atoms with Crippen LogP contribution in [0.25, 0.3) is 0 Å². The molecule has 116 valence electrons. The fourth-order valence-corrected chi connectivity index (χ4v) is 2.90. The van der Waals surface area contributed by atoms with Gasteiger partial charge in [0.2, 0.25) is 5.91 Å². The summed E-state index contributed by atoms with van der Waals surface area (Å²) in [5.74, 6) is 0.141. The van der Waals surface area contributed by atoms with Crippen molar-refractivity contribution >= 4 is 17.5 Å². The summed E-state index contributed by atoms with van der Waals surface area (Å²) in [6, 6.07) is 7.58. The first kappa shape index (κ1) is 16.3. The minimum atomic E-state index is -0.562. The van der Waals surface area contributed by atoms with Crippen LogP contribution in [0.15, 0.2) is 24.3 Å². The Hall–Kier alpha value is -1.10. The largest absolute Gasteiger partial charge is 0.387 e. The number of piperidine rings is 1. The zero-order valence-corrected chi connectivity index (χ0v) is 13.3. The van der Waals surface area contributed by atoms with Crippen LogP contribution in [0.3, 0.4) is 0 Å². The van der Waals surface area contributed by atoms with Crippen molar-refractivity contribution in [3.05, 3.63) is 34.9 Å². The van der Waals surface area contributed by atoms with Gasteiger partial charge in [-0.25, -0.2) is 0 Å². The smallest absolute Gasteiger partial charge is 0.219 e. The van der Waals surface area contributed by atoms with Crippen molar-refractivity contribution < 1.29 is 9.90 Å². The molecule has 0 aliphatic carbocycles. The Morgan fingerprint density at radius 1 is 1.33 bits per heavy atom. The molecular weight excluding hydrogens is 288 g/mol. The number of carbonyl (C=O) groups excluding carboxylic acids is 1.